The van der Waals surface area contributed by atoms with Crippen molar-refractivity contribution in [1.82, 2.24) is 4.57 Å². The Labute approximate surface area is 112 Å². The van der Waals surface area contributed by atoms with Crippen molar-refractivity contribution < 1.29 is 13.6 Å². The number of aryl methyl sites for hydroxylation is 2. The van der Waals surface area contributed by atoms with E-state index in [4.69, 9.17) is 4.42 Å². The van der Waals surface area contributed by atoms with Gasteiger partial charge in [0.1, 0.15) is 0 Å². The third-order valence-electron chi connectivity index (χ3n) is 2.96. The van der Waals surface area contributed by atoms with E-state index in [2.05, 4.69) is 30.8 Å². The van der Waals surface area contributed by atoms with E-state index in [0.29, 0.717) is 0 Å². The molecule has 0 aliphatic heterocycles. The number of rotatable bonds is 1. The first kappa shape index (κ1) is 11.4. The molecule has 4 nitrogen and oxygen atoms in total. The van der Waals surface area contributed by atoms with Crippen molar-refractivity contribution in [2.45, 2.75) is 0 Å². The van der Waals surface area contributed by atoms with E-state index in [9.17, 15) is 0 Å². The van der Waals surface area contributed by atoms with E-state index >= 15 is 0 Å². The van der Waals surface area contributed by atoms with Gasteiger partial charge in [-0.15, -0.1) is 0 Å². The molecule has 3 heterocycles. The molecule has 0 saturated carbocycles. The molecule has 0 aromatic carbocycles. The summed E-state index contributed by atoms with van der Waals surface area (Å²) in [6.07, 6.45) is 4.03. The van der Waals surface area contributed by atoms with Crippen LogP contribution in [0.25, 0.3) is 17.0 Å². The van der Waals surface area contributed by atoms with E-state index in [-0.39, 0.29) is 0 Å². The summed E-state index contributed by atoms with van der Waals surface area (Å²) in [5.74, 6) is 1.05. The van der Waals surface area contributed by atoms with Gasteiger partial charge in [0.05, 0.1) is 0 Å². The number of fused-ring (bicyclic) bond motifs is 1. The van der Waals surface area contributed by atoms with Crippen LogP contribution in [0.2, 0.25) is 0 Å². The topological polar surface area (TPSA) is 25.8 Å². The zero-order valence-corrected chi connectivity index (χ0v) is 11.9. The van der Waals surface area contributed by atoms with Gasteiger partial charge < -0.3 is 0 Å². The standard InChI is InChI=1S/C13H13N3OSe/c1-14-8-4-3-7-11(14)16-12-10(17-13(16)18)6-5-9-15(12)2/h3-9H,1-2H3/q+2. The molecule has 0 atom stereocenters. The van der Waals surface area contributed by atoms with E-state index in [1.54, 1.807) is 0 Å². The Balaban J connectivity index is 2.47. The van der Waals surface area contributed by atoms with E-state index in [1.807, 2.05) is 55.3 Å². The van der Waals surface area contributed by atoms with Crippen LogP contribution in [0.3, 0.4) is 0 Å². The molecule has 0 bridgehead atoms. The second-order valence-electron chi connectivity index (χ2n) is 4.18. The van der Waals surface area contributed by atoms with Gasteiger partial charge in [-0.1, -0.05) is 0 Å². The number of hydrogen-bond donors (Lipinski definition) is 0. The van der Waals surface area contributed by atoms with Crippen LogP contribution in [-0.4, -0.2) is 20.1 Å². The van der Waals surface area contributed by atoms with Crippen molar-refractivity contribution in [3.63, 3.8) is 0 Å². The SMILES string of the molecule is C[n+]1ccccc1-n1c(=[Se])oc2ccc[n+](C)c21. The average Bonchev–Trinajstić information content (AvgIpc) is 2.68. The number of oxazole rings is 1. The fourth-order valence-corrected chi connectivity index (χ4v) is 2.67. The fourth-order valence-electron chi connectivity index (χ4n) is 2.10. The molecule has 0 unspecified atom stereocenters. The second-order valence-corrected chi connectivity index (χ2v) is 4.91. The third kappa shape index (κ3) is 1.63. The van der Waals surface area contributed by atoms with E-state index < -0.39 is 0 Å². The number of aromatic nitrogens is 3. The van der Waals surface area contributed by atoms with Crippen LogP contribution in [0.15, 0.2) is 47.1 Å². The Morgan fingerprint density at radius 2 is 1.83 bits per heavy atom. The summed E-state index contributed by atoms with van der Waals surface area (Å²) in [6, 6.07) is 10.0. The van der Waals surface area contributed by atoms with Crippen molar-refractivity contribution in [3.05, 3.63) is 47.1 Å². The Morgan fingerprint density at radius 1 is 1.06 bits per heavy atom. The van der Waals surface area contributed by atoms with Crippen LogP contribution < -0.4 is 9.13 Å². The van der Waals surface area contributed by atoms with Gasteiger partial charge in [0.15, 0.2) is 0 Å². The Bertz CT molecular complexity index is 788. The van der Waals surface area contributed by atoms with Crippen molar-refractivity contribution in [1.29, 1.82) is 0 Å². The molecule has 0 aliphatic rings. The molecule has 90 valence electrons. The first-order valence-corrected chi connectivity index (χ1v) is 6.49. The monoisotopic (exact) mass is 307 g/mol. The summed E-state index contributed by atoms with van der Waals surface area (Å²) in [5, 5.41) is 0. The molecule has 18 heavy (non-hydrogen) atoms. The minimum atomic E-state index is 0.744. The van der Waals surface area contributed by atoms with Gasteiger partial charge in [0.25, 0.3) is 0 Å². The van der Waals surface area contributed by atoms with Gasteiger partial charge in [-0.2, -0.15) is 0 Å². The number of pyridine rings is 2. The number of nitrogens with zero attached hydrogens (tertiary/aromatic N) is 3. The normalized spacial score (nSPS) is 11.0. The van der Waals surface area contributed by atoms with Crippen molar-refractivity contribution in [2.75, 3.05) is 0 Å². The summed E-state index contributed by atoms with van der Waals surface area (Å²) in [7, 11) is 4.03. The van der Waals surface area contributed by atoms with Crippen LogP contribution >= 0.6 is 0 Å². The van der Waals surface area contributed by atoms with Crippen molar-refractivity contribution >= 4 is 26.8 Å². The van der Waals surface area contributed by atoms with Crippen LogP contribution in [0.4, 0.5) is 0 Å². The van der Waals surface area contributed by atoms with E-state index in [0.717, 1.165) is 21.4 Å². The van der Waals surface area contributed by atoms with Gasteiger partial charge in [-0.05, 0) is 0 Å². The Kier molecular flexibility index (Phi) is 2.65. The second kappa shape index (κ2) is 4.19. The Morgan fingerprint density at radius 3 is 2.61 bits per heavy atom. The summed E-state index contributed by atoms with van der Waals surface area (Å²) < 4.78 is 12.7. The van der Waals surface area contributed by atoms with Crippen molar-refractivity contribution in [3.8, 4) is 5.82 Å². The number of hydrogen-bond acceptors (Lipinski definition) is 1. The molecular weight excluding hydrogens is 293 g/mol. The molecule has 0 fully saturated rings. The van der Waals surface area contributed by atoms with Gasteiger partial charge in [-0.3, -0.25) is 0 Å². The summed E-state index contributed by atoms with van der Waals surface area (Å²) in [6.45, 7) is 0. The summed E-state index contributed by atoms with van der Waals surface area (Å²) >= 11 is 2.98. The van der Waals surface area contributed by atoms with Crippen LogP contribution in [0.5, 0.6) is 0 Å². The molecule has 3 aromatic rings. The summed E-state index contributed by atoms with van der Waals surface area (Å²) in [5.41, 5.74) is 1.88. The molecule has 0 spiro atoms. The third-order valence-corrected chi connectivity index (χ3v) is 3.52. The van der Waals surface area contributed by atoms with Gasteiger partial charge >= 0.3 is 112 Å². The molecule has 5 heteroatoms. The fraction of sp³-hybridized carbons (Fsp3) is 0.154. The molecule has 0 saturated heterocycles. The molecule has 0 radical (unpaired) electrons. The zero-order chi connectivity index (χ0) is 12.7. The first-order chi connectivity index (χ1) is 8.68. The molecule has 0 aliphatic carbocycles. The average molecular weight is 306 g/mol. The minimum absolute atomic E-state index is 0.744. The maximum absolute atomic E-state index is 5.76. The van der Waals surface area contributed by atoms with Gasteiger partial charge in [-0.25, -0.2) is 0 Å². The van der Waals surface area contributed by atoms with Gasteiger partial charge in [0, 0.05) is 0 Å². The summed E-state index contributed by atoms with van der Waals surface area (Å²) in [4.78, 5) is 0. The van der Waals surface area contributed by atoms with Crippen LogP contribution in [0.1, 0.15) is 0 Å². The quantitative estimate of drug-likeness (QED) is 0.477. The van der Waals surface area contributed by atoms with E-state index in [1.165, 1.54) is 0 Å². The van der Waals surface area contributed by atoms with Crippen LogP contribution in [-0.2, 0) is 14.1 Å². The predicted octanol–water partition coefficient (Wildman–Crippen LogP) is 0.573. The van der Waals surface area contributed by atoms with Gasteiger partial charge in [0.2, 0.25) is 0 Å². The molecule has 0 amide bonds. The Hall–Kier alpha value is -1.71. The predicted molar refractivity (Wildman–Crippen MR) is 66.9 cm³/mol. The molecule has 0 N–H and O–H groups in total. The maximum atomic E-state index is 5.76. The van der Waals surface area contributed by atoms with Crippen molar-refractivity contribution in [2.24, 2.45) is 14.1 Å². The molecule has 3 aromatic heterocycles. The van der Waals surface area contributed by atoms with Crippen LogP contribution in [0, 0.1) is 4.39 Å². The molecule has 3 rings (SSSR count). The first-order valence-electron chi connectivity index (χ1n) is 5.64. The zero-order valence-electron chi connectivity index (χ0n) is 10.2. The molecular formula is C13H13N3OSe+2.